The number of ether oxygens (including phenoxy) is 1. The van der Waals surface area contributed by atoms with E-state index in [9.17, 15) is 4.79 Å². The molecule has 0 saturated heterocycles. The van der Waals surface area contributed by atoms with E-state index in [4.69, 9.17) is 16.3 Å². The van der Waals surface area contributed by atoms with Crippen LogP contribution in [0.5, 0.6) is 0 Å². The summed E-state index contributed by atoms with van der Waals surface area (Å²) in [5.41, 5.74) is 1.53. The average Bonchev–Trinajstić information content (AvgIpc) is 2.81. The van der Waals surface area contributed by atoms with Crippen molar-refractivity contribution < 1.29 is 9.53 Å². The van der Waals surface area contributed by atoms with E-state index in [0.29, 0.717) is 37.9 Å². The third-order valence-electron chi connectivity index (χ3n) is 2.48. The normalized spacial score (nSPS) is 10.6. The van der Waals surface area contributed by atoms with Crippen LogP contribution in [0.4, 0.5) is 0 Å². The van der Waals surface area contributed by atoms with Gasteiger partial charge in [-0.1, -0.05) is 6.92 Å². The smallest absolute Gasteiger partial charge is 0.269 e. The van der Waals surface area contributed by atoms with Gasteiger partial charge in [0.25, 0.3) is 5.91 Å². The minimum atomic E-state index is -0.112. The fourth-order valence-corrected chi connectivity index (χ4v) is 1.66. The minimum absolute atomic E-state index is 0.112. The van der Waals surface area contributed by atoms with Gasteiger partial charge in [0, 0.05) is 19.0 Å². The van der Waals surface area contributed by atoms with E-state index in [2.05, 4.69) is 10.4 Å². The van der Waals surface area contributed by atoms with Gasteiger partial charge >= 0.3 is 0 Å². The standard InChI is InChI=1S/C12H20ClN3O2/c1-3-10-9-11(16(4-2)15-10)12(17)14-6-8-18-7-5-13/h9H,3-8H2,1-2H3,(H,14,17). The van der Waals surface area contributed by atoms with E-state index >= 15 is 0 Å². The molecule has 5 nitrogen and oxygen atoms in total. The van der Waals surface area contributed by atoms with Crippen molar-refractivity contribution in [3.8, 4) is 0 Å². The van der Waals surface area contributed by atoms with Gasteiger partial charge in [0.15, 0.2) is 0 Å². The molecule has 0 unspecified atom stereocenters. The van der Waals surface area contributed by atoms with E-state index < -0.39 is 0 Å². The molecule has 0 aliphatic rings. The van der Waals surface area contributed by atoms with Crippen LogP contribution in [0.1, 0.15) is 30.0 Å². The summed E-state index contributed by atoms with van der Waals surface area (Å²) < 4.78 is 6.90. The molecule has 1 rings (SSSR count). The SMILES string of the molecule is CCc1cc(C(=O)NCCOCCCl)n(CC)n1. The van der Waals surface area contributed by atoms with Gasteiger partial charge in [-0.05, 0) is 19.4 Å². The first kappa shape index (κ1) is 15.0. The van der Waals surface area contributed by atoms with E-state index in [1.54, 1.807) is 4.68 Å². The van der Waals surface area contributed by atoms with Crippen molar-refractivity contribution in [2.45, 2.75) is 26.8 Å². The number of halogens is 1. The molecule has 0 aromatic carbocycles. The molecule has 1 amide bonds. The van der Waals surface area contributed by atoms with Crippen molar-refractivity contribution in [3.63, 3.8) is 0 Å². The van der Waals surface area contributed by atoms with Crippen LogP contribution in [0, 0.1) is 0 Å². The number of aryl methyl sites for hydroxylation is 2. The van der Waals surface area contributed by atoms with E-state index in [1.165, 1.54) is 0 Å². The predicted molar refractivity (Wildman–Crippen MR) is 71.2 cm³/mol. The van der Waals surface area contributed by atoms with E-state index in [-0.39, 0.29) is 5.91 Å². The van der Waals surface area contributed by atoms with Crippen LogP contribution in [-0.2, 0) is 17.7 Å². The maximum absolute atomic E-state index is 11.9. The van der Waals surface area contributed by atoms with Crippen molar-refractivity contribution in [2.75, 3.05) is 25.6 Å². The summed E-state index contributed by atoms with van der Waals surface area (Å²) in [4.78, 5) is 11.9. The molecule has 18 heavy (non-hydrogen) atoms. The first-order valence-electron chi connectivity index (χ1n) is 6.21. The molecule has 1 aromatic heterocycles. The number of nitrogens with zero attached hydrogens (tertiary/aromatic N) is 2. The van der Waals surface area contributed by atoms with Gasteiger partial charge in [-0.25, -0.2) is 0 Å². The van der Waals surface area contributed by atoms with E-state index in [1.807, 2.05) is 19.9 Å². The van der Waals surface area contributed by atoms with Gasteiger partial charge in [-0.2, -0.15) is 5.10 Å². The van der Waals surface area contributed by atoms with Crippen LogP contribution in [0.15, 0.2) is 6.07 Å². The van der Waals surface area contributed by atoms with Crippen LogP contribution >= 0.6 is 11.6 Å². The maximum Gasteiger partial charge on any atom is 0.269 e. The van der Waals surface area contributed by atoms with Crippen molar-refractivity contribution in [2.24, 2.45) is 0 Å². The molecule has 0 atom stereocenters. The number of alkyl halides is 1. The topological polar surface area (TPSA) is 56.1 Å². The Hall–Kier alpha value is -1.07. The highest BCUT2D eigenvalue weighted by atomic mass is 35.5. The molecule has 0 aliphatic carbocycles. The van der Waals surface area contributed by atoms with Crippen molar-refractivity contribution >= 4 is 17.5 Å². The molecule has 1 heterocycles. The Morgan fingerprint density at radius 3 is 2.89 bits per heavy atom. The van der Waals surface area contributed by atoms with Crippen molar-refractivity contribution in [3.05, 3.63) is 17.5 Å². The molecule has 0 spiro atoms. The molecule has 0 bridgehead atoms. The third kappa shape index (κ3) is 4.31. The highest BCUT2D eigenvalue weighted by molar-refractivity contribution is 6.17. The van der Waals surface area contributed by atoms with Gasteiger partial charge in [0.2, 0.25) is 0 Å². The van der Waals surface area contributed by atoms with Crippen LogP contribution < -0.4 is 5.32 Å². The molecule has 0 radical (unpaired) electrons. The second-order valence-corrected chi connectivity index (χ2v) is 4.13. The fourth-order valence-electron chi connectivity index (χ4n) is 1.55. The van der Waals surface area contributed by atoms with Gasteiger partial charge < -0.3 is 10.1 Å². The first-order chi connectivity index (χ1) is 8.72. The first-order valence-corrected chi connectivity index (χ1v) is 6.75. The molecule has 1 N–H and O–H groups in total. The second-order valence-electron chi connectivity index (χ2n) is 3.75. The van der Waals surface area contributed by atoms with Crippen molar-refractivity contribution in [1.82, 2.24) is 15.1 Å². The number of carbonyl (C=O) groups excluding carboxylic acids is 1. The Morgan fingerprint density at radius 2 is 2.28 bits per heavy atom. The Morgan fingerprint density at radius 1 is 1.50 bits per heavy atom. The Labute approximate surface area is 112 Å². The molecule has 6 heteroatoms. The van der Waals surface area contributed by atoms with Crippen LogP contribution in [0.2, 0.25) is 0 Å². The van der Waals surface area contributed by atoms with Gasteiger partial charge in [0.1, 0.15) is 5.69 Å². The molecule has 0 fully saturated rings. The van der Waals surface area contributed by atoms with Gasteiger partial charge in [-0.3, -0.25) is 9.48 Å². The summed E-state index contributed by atoms with van der Waals surface area (Å²) in [5, 5.41) is 7.14. The highest BCUT2D eigenvalue weighted by Crippen LogP contribution is 2.05. The number of amides is 1. The number of hydrogen-bond acceptors (Lipinski definition) is 3. The Bertz CT molecular complexity index is 379. The number of aromatic nitrogens is 2. The Balaban J connectivity index is 2.47. The summed E-state index contributed by atoms with van der Waals surface area (Å²) in [6.45, 7) is 6.12. The zero-order valence-corrected chi connectivity index (χ0v) is 11.7. The number of nitrogens with one attached hydrogen (secondary N) is 1. The second kappa shape index (κ2) is 8.11. The number of carbonyl (C=O) groups is 1. The lowest BCUT2D eigenvalue weighted by Gasteiger charge is -2.06. The molecule has 0 aliphatic heterocycles. The lowest BCUT2D eigenvalue weighted by atomic mass is 10.3. The quantitative estimate of drug-likeness (QED) is 0.576. The van der Waals surface area contributed by atoms with E-state index in [0.717, 1.165) is 12.1 Å². The highest BCUT2D eigenvalue weighted by Gasteiger charge is 2.13. The largest absolute Gasteiger partial charge is 0.378 e. The van der Waals surface area contributed by atoms with Crippen LogP contribution in [0.25, 0.3) is 0 Å². The minimum Gasteiger partial charge on any atom is -0.378 e. The van der Waals surface area contributed by atoms with Gasteiger partial charge in [0.05, 0.1) is 18.9 Å². The maximum atomic E-state index is 11.9. The summed E-state index contributed by atoms with van der Waals surface area (Å²) in [6, 6.07) is 1.83. The van der Waals surface area contributed by atoms with Crippen LogP contribution in [0.3, 0.4) is 0 Å². The van der Waals surface area contributed by atoms with Gasteiger partial charge in [-0.15, -0.1) is 11.6 Å². The summed E-state index contributed by atoms with van der Waals surface area (Å²) in [7, 11) is 0. The average molecular weight is 274 g/mol. The lowest BCUT2D eigenvalue weighted by molar-refractivity contribution is 0.0913. The molecular formula is C12H20ClN3O2. The zero-order valence-electron chi connectivity index (χ0n) is 10.9. The van der Waals surface area contributed by atoms with Crippen molar-refractivity contribution in [1.29, 1.82) is 0 Å². The summed E-state index contributed by atoms with van der Waals surface area (Å²) in [6.07, 6.45) is 0.826. The fraction of sp³-hybridized carbons (Fsp3) is 0.667. The summed E-state index contributed by atoms with van der Waals surface area (Å²) in [5.74, 6) is 0.356. The molecular weight excluding hydrogens is 254 g/mol. The van der Waals surface area contributed by atoms with Crippen LogP contribution in [-0.4, -0.2) is 41.3 Å². The summed E-state index contributed by atoms with van der Waals surface area (Å²) >= 11 is 5.47. The third-order valence-corrected chi connectivity index (χ3v) is 2.63. The predicted octanol–water partition coefficient (Wildman–Crippen LogP) is 1.45. The monoisotopic (exact) mass is 273 g/mol. The number of hydrogen-bond donors (Lipinski definition) is 1. The zero-order chi connectivity index (χ0) is 13.4. The molecule has 1 aromatic rings. The molecule has 102 valence electrons. The lowest BCUT2D eigenvalue weighted by Crippen LogP contribution is -2.29. The number of rotatable bonds is 8. The molecule has 0 saturated carbocycles. The Kier molecular flexibility index (Phi) is 6.75.